The summed E-state index contributed by atoms with van der Waals surface area (Å²) in [6.07, 6.45) is 5.59. The van der Waals surface area contributed by atoms with Crippen molar-refractivity contribution in [1.29, 1.82) is 0 Å². The number of fused-ring (bicyclic) bond motifs is 9. The van der Waals surface area contributed by atoms with Crippen molar-refractivity contribution in [2.45, 2.75) is 12.3 Å². The Bertz CT molecular complexity index is 3700. The molecule has 0 fully saturated rings. The molecule has 1 atom stereocenters. The normalized spacial score (nSPS) is 15.0. The summed E-state index contributed by atoms with van der Waals surface area (Å²) in [5.74, 6) is 1.16. The molecule has 3 aromatic heterocycles. The largest absolute Gasteiger partial charge is 0.456 e. The number of nitrogens with zero attached hydrogens (tertiary/aromatic N) is 2. The first kappa shape index (κ1) is 37.0. The van der Waals surface area contributed by atoms with Crippen molar-refractivity contribution in [2.24, 2.45) is 15.7 Å². The number of thiophene rings is 1. The lowest BCUT2D eigenvalue weighted by atomic mass is 9.83. The van der Waals surface area contributed by atoms with E-state index < -0.39 is 0 Å². The van der Waals surface area contributed by atoms with Gasteiger partial charge in [-0.3, -0.25) is 4.99 Å². The third kappa shape index (κ3) is 6.63. The molecule has 2 N–H and O–H groups in total. The first-order chi connectivity index (χ1) is 31.1. The van der Waals surface area contributed by atoms with Crippen molar-refractivity contribution in [3.05, 3.63) is 222 Å². The third-order valence-corrected chi connectivity index (χ3v) is 13.5. The minimum absolute atomic E-state index is 0.220. The predicted octanol–water partition coefficient (Wildman–Crippen LogP) is 14.9. The number of hydrogen-bond acceptors (Lipinski definition) is 4. The van der Waals surface area contributed by atoms with Gasteiger partial charge in [-0.2, -0.15) is 0 Å². The van der Waals surface area contributed by atoms with Gasteiger partial charge in [0.2, 0.25) is 0 Å². The molecule has 63 heavy (non-hydrogen) atoms. The summed E-state index contributed by atoms with van der Waals surface area (Å²) in [5, 5.41) is 6.52. The highest BCUT2D eigenvalue weighted by Gasteiger charge is 2.21. The van der Waals surface area contributed by atoms with E-state index in [9.17, 15) is 0 Å². The average Bonchev–Trinajstić information content (AvgIpc) is 4.04. The number of allylic oxidation sites excluding steroid dienone is 2. The van der Waals surface area contributed by atoms with Crippen LogP contribution in [0.4, 0.5) is 0 Å². The molecule has 5 nitrogen and oxygen atoms in total. The quantitative estimate of drug-likeness (QED) is 0.128. The summed E-state index contributed by atoms with van der Waals surface area (Å²) in [4.78, 5) is 10.6. The number of rotatable bonds is 7. The van der Waals surface area contributed by atoms with Crippen LogP contribution >= 0.6 is 11.3 Å². The molecule has 12 rings (SSSR count). The Morgan fingerprint density at radius 3 is 2.11 bits per heavy atom. The predicted molar refractivity (Wildman–Crippen MR) is 264 cm³/mol. The molecule has 0 spiro atoms. The van der Waals surface area contributed by atoms with Gasteiger partial charge < -0.3 is 14.6 Å². The number of hydrogen-bond donors (Lipinski definition) is 1. The van der Waals surface area contributed by atoms with Crippen molar-refractivity contribution in [3.8, 4) is 11.1 Å². The Hall–Kier alpha value is -7.80. The minimum Gasteiger partial charge on any atom is -0.456 e. The van der Waals surface area contributed by atoms with Crippen molar-refractivity contribution in [1.82, 2.24) is 0 Å². The first-order valence-corrected chi connectivity index (χ1v) is 22.1. The summed E-state index contributed by atoms with van der Waals surface area (Å²) in [6.45, 7) is 0.434. The Balaban J connectivity index is 1.00. The van der Waals surface area contributed by atoms with Crippen molar-refractivity contribution < 1.29 is 8.83 Å². The number of amidine groups is 2. The van der Waals surface area contributed by atoms with Gasteiger partial charge in [-0.1, -0.05) is 146 Å². The molecule has 0 saturated heterocycles. The number of para-hydroxylation sites is 2. The second-order valence-electron chi connectivity index (χ2n) is 16.2. The molecule has 0 bridgehead atoms. The zero-order valence-corrected chi connectivity index (χ0v) is 35.0. The van der Waals surface area contributed by atoms with Gasteiger partial charge in [0.15, 0.2) is 5.84 Å². The fourth-order valence-corrected chi connectivity index (χ4v) is 10.5. The molecule has 1 aliphatic carbocycles. The van der Waals surface area contributed by atoms with Gasteiger partial charge in [-0.25, -0.2) is 4.99 Å². The van der Waals surface area contributed by atoms with Crippen LogP contribution in [0.25, 0.3) is 80.7 Å². The summed E-state index contributed by atoms with van der Waals surface area (Å²) in [5.41, 5.74) is 19.0. The van der Waals surface area contributed by atoms with Crippen molar-refractivity contribution >= 4 is 92.6 Å². The van der Waals surface area contributed by atoms with Crippen LogP contribution in [-0.4, -0.2) is 18.2 Å². The highest BCUT2D eigenvalue weighted by molar-refractivity contribution is 7.25. The van der Waals surface area contributed by atoms with Gasteiger partial charge >= 0.3 is 0 Å². The van der Waals surface area contributed by atoms with Gasteiger partial charge in [-0.05, 0) is 82.8 Å². The van der Waals surface area contributed by atoms with Crippen LogP contribution in [0.1, 0.15) is 34.6 Å². The van der Waals surface area contributed by atoms with Crippen LogP contribution in [-0.2, 0) is 0 Å². The maximum Gasteiger partial charge on any atom is 0.157 e. The molecular weight excluding hydrogens is 791 g/mol. The molecule has 8 aromatic carbocycles. The fourth-order valence-electron chi connectivity index (χ4n) is 9.31. The van der Waals surface area contributed by atoms with Gasteiger partial charge in [0, 0.05) is 64.3 Å². The van der Waals surface area contributed by atoms with Gasteiger partial charge in [-0.15, -0.1) is 11.3 Å². The van der Waals surface area contributed by atoms with Crippen LogP contribution in [0.5, 0.6) is 0 Å². The highest BCUT2D eigenvalue weighted by atomic mass is 32.1. The van der Waals surface area contributed by atoms with E-state index in [-0.39, 0.29) is 5.92 Å². The molecule has 11 aromatic rings. The van der Waals surface area contributed by atoms with E-state index in [1.807, 2.05) is 36.4 Å². The standard InChI is InChI=1S/C57H39N3O2S/c58-56(48-28-27-42(55-54(48)47-19-8-11-21-50(47)62-55)38-23-25-44-43-17-7-10-20-49(43)61-51(44)32-38)60-57(39-24-26-46-45-18-9-12-22-52(45)63-53(46)33-39)59-34-35-29-40(36-13-3-1-4-14-36)31-41(30-35)37-15-5-2-6-16-37/h1-30,32-33,40H,31,34H2,(H2,58,59,60). The van der Waals surface area contributed by atoms with Gasteiger partial charge in [0.25, 0.3) is 0 Å². The zero-order valence-electron chi connectivity index (χ0n) is 34.2. The molecular formula is C57H39N3O2S. The van der Waals surface area contributed by atoms with Gasteiger partial charge in [0.05, 0.1) is 6.54 Å². The number of nitrogens with two attached hydrogens (primary N) is 1. The number of aliphatic imine (C=N–C) groups is 2. The van der Waals surface area contributed by atoms with E-state index in [0.29, 0.717) is 18.2 Å². The summed E-state index contributed by atoms with van der Waals surface area (Å²) in [7, 11) is 0. The van der Waals surface area contributed by atoms with E-state index in [4.69, 9.17) is 24.6 Å². The summed E-state index contributed by atoms with van der Waals surface area (Å²) >= 11 is 1.78. The first-order valence-electron chi connectivity index (χ1n) is 21.3. The molecule has 0 radical (unpaired) electrons. The van der Waals surface area contributed by atoms with E-state index in [0.717, 1.165) is 78.1 Å². The lowest BCUT2D eigenvalue weighted by molar-refractivity contribution is 0.668. The SMILES string of the molecule is N/C(=N\C(=N/CC1=CC(c2ccccc2)CC(c2ccccc2)=C1)c1ccc2c(c1)sc1ccccc12)c1ccc(-c2ccc3c(c2)oc2ccccc23)c2oc3ccccc3c12. The number of furan rings is 2. The van der Waals surface area contributed by atoms with Crippen LogP contribution in [0, 0.1) is 0 Å². The average molecular weight is 830 g/mol. The van der Waals surface area contributed by atoms with Gasteiger partial charge in [0.1, 0.15) is 28.2 Å². The minimum atomic E-state index is 0.220. The van der Waals surface area contributed by atoms with Crippen LogP contribution in [0.2, 0.25) is 0 Å². The van der Waals surface area contributed by atoms with Crippen LogP contribution in [0.3, 0.4) is 0 Å². The van der Waals surface area contributed by atoms with Crippen molar-refractivity contribution in [3.63, 3.8) is 0 Å². The maximum atomic E-state index is 7.22. The van der Waals surface area contributed by atoms with E-state index in [2.05, 4.69) is 158 Å². The Morgan fingerprint density at radius 1 is 0.587 bits per heavy atom. The lowest BCUT2D eigenvalue weighted by Gasteiger charge is -2.22. The maximum absolute atomic E-state index is 7.22. The monoisotopic (exact) mass is 829 g/mol. The molecule has 1 unspecified atom stereocenters. The summed E-state index contributed by atoms with van der Waals surface area (Å²) < 4.78 is 15.4. The fraction of sp³-hybridized carbons (Fsp3) is 0.0526. The zero-order chi connectivity index (χ0) is 41.9. The molecule has 300 valence electrons. The molecule has 0 amide bonds. The van der Waals surface area contributed by atoms with Crippen LogP contribution in [0.15, 0.2) is 219 Å². The smallest absolute Gasteiger partial charge is 0.157 e. The molecule has 0 saturated carbocycles. The van der Waals surface area contributed by atoms with E-state index in [1.165, 1.54) is 36.9 Å². The Kier molecular flexibility index (Phi) is 8.97. The molecule has 3 heterocycles. The second-order valence-corrected chi connectivity index (χ2v) is 17.3. The molecule has 1 aliphatic rings. The second kappa shape index (κ2) is 15.3. The van der Waals surface area contributed by atoms with E-state index >= 15 is 0 Å². The summed E-state index contributed by atoms with van der Waals surface area (Å²) in [6, 6.07) is 63.3. The Morgan fingerprint density at radius 2 is 1.27 bits per heavy atom. The van der Waals surface area contributed by atoms with Crippen molar-refractivity contribution in [2.75, 3.05) is 6.54 Å². The molecule has 6 heteroatoms. The molecule has 0 aliphatic heterocycles. The lowest BCUT2D eigenvalue weighted by Crippen LogP contribution is -2.17. The Labute approximate surface area is 367 Å². The highest BCUT2D eigenvalue weighted by Crippen LogP contribution is 2.41. The van der Waals surface area contributed by atoms with Crippen LogP contribution < -0.4 is 5.73 Å². The van der Waals surface area contributed by atoms with E-state index in [1.54, 1.807) is 11.3 Å². The topological polar surface area (TPSA) is 77.0 Å². The third-order valence-electron chi connectivity index (χ3n) is 12.4. The number of benzene rings is 8.